The second-order valence-corrected chi connectivity index (χ2v) is 7.03. The molecule has 3 heterocycles. The second kappa shape index (κ2) is 8.65. The van der Waals surface area contributed by atoms with Gasteiger partial charge in [-0.15, -0.1) is 0 Å². The Morgan fingerprint density at radius 2 is 1.68 bits per heavy atom. The van der Waals surface area contributed by atoms with Gasteiger partial charge in [-0.05, 0) is 61.2 Å². The van der Waals surface area contributed by atoms with Crippen molar-refractivity contribution in [1.82, 2.24) is 15.3 Å². The van der Waals surface area contributed by atoms with E-state index >= 15 is 0 Å². The summed E-state index contributed by atoms with van der Waals surface area (Å²) in [6.45, 7) is 2.60. The van der Waals surface area contributed by atoms with Crippen LogP contribution in [0.4, 0.5) is 5.82 Å². The predicted octanol–water partition coefficient (Wildman–Crippen LogP) is 4.06. The van der Waals surface area contributed by atoms with Gasteiger partial charge in [0.15, 0.2) is 0 Å². The van der Waals surface area contributed by atoms with Crippen molar-refractivity contribution in [1.29, 1.82) is 0 Å². The molecule has 1 aliphatic heterocycles. The van der Waals surface area contributed by atoms with E-state index in [0.717, 1.165) is 35.7 Å². The van der Waals surface area contributed by atoms with Crippen molar-refractivity contribution in [3.05, 3.63) is 78.2 Å². The van der Waals surface area contributed by atoms with E-state index in [1.165, 1.54) is 19.3 Å². The molecule has 1 N–H and O–H groups in total. The van der Waals surface area contributed by atoms with E-state index in [-0.39, 0.29) is 5.91 Å². The number of nitrogens with one attached hydrogen (secondary N) is 1. The number of amides is 1. The fourth-order valence-corrected chi connectivity index (χ4v) is 3.46. The van der Waals surface area contributed by atoms with Crippen LogP contribution in [0.3, 0.4) is 0 Å². The van der Waals surface area contributed by atoms with E-state index in [0.29, 0.717) is 12.1 Å². The minimum absolute atomic E-state index is 0.101. The Labute approximate surface area is 165 Å². The minimum atomic E-state index is -0.101. The van der Waals surface area contributed by atoms with E-state index in [1.54, 1.807) is 6.20 Å². The molecule has 0 aliphatic carbocycles. The van der Waals surface area contributed by atoms with Gasteiger partial charge in [-0.3, -0.25) is 9.78 Å². The molecule has 4 rings (SSSR count). The number of hydrogen-bond acceptors (Lipinski definition) is 4. The molecule has 142 valence electrons. The molecule has 0 spiro atoms. The summed E-state index contributed by atoms with van der Waals surface area (Å²) >= 11 is 0. The van der Waals surface area contributed by atoms with Crippen LogP contribution in [0.5, 0.6) is 0 Å². The lowest BCUT2D eigenvalue weighted by atomic mass is 10.0. The number of benzene rings is 1. The highest BCUT2D eigenvalue weighted by molar-refractivity contribution is 5.94. The number of carbonyl (C=O) groups excluding carboxylic acids is 1. The van der Waals surface area contributed by atoms with Crippen LogP contribution in [0, 0.1) is 0 Å². The number of carbonyl (C=O) groups is 1. The van der Waals surface area contributed by atoms with Crippen molar-refractivity contribution in [2.45, 2.75) is 25.8 Å². The Morgan fingerprint density at radius 1 is 0.893 bits per heavy atom. The van der Waals surface area contributed by atoms with Gasteiger partial charge in [0.2, 0.25) is 0 Å². The number of hydrogen-bond donors (Lipinski definition) is 1. The Kier molecular flexibility index (Phi) is 5.61. The number of anilines is 1. The molecule has 1 saturated heterocycles. The van der Waals surface area contributed by atoms with Gasteiger partial charge in [0.1, 0.15) is 5.82 Å². The first-order valence-corrected chi connectivity index (χ1v) is 9.79. The maximum absolute atomic E-state index is 12.3. The fraction of sp³-hybridized carbons (Fsp3) is 0.261. The van der Waals surface area contributed by atoms with Crippen LogP contribution < -0.4 is 10.2 Å². The first-order valence-electron chi connectivity index (χ1n) is 9.79. The van der Waals surface area contributed by atoms with Crippen molar-refractivity contribution < 1.29 is 4.79 Å². The summed E-state index contributed by atoms with van der Waals surface area (Å²) in [7, 11) is 0. The van der Waals surface area contributed by atoms with Gasteiger partial charge >= 0.3 is 0 Å². The van der Waals surface area contributed by atoms with Gasteiger partial charge < -0.3 is 10.2 Å². The topological polar surface area (TPSA) is 58.1 Å². The molecule has 3 aromatic rings. The van der Waals surface area contributed by atoms with Crippen molar-refractivity contribution in [3.8, 4) is 11.1 Å². The van der Waals surface area contributed by atoms with E-state index in [1.807, 2.05) is 48.7 Å². The van der Waals surface area contributed by atoms with Crippen LogP contribution in [-0.4, -0.2) is 29.0 Å². The Morgan fingerprint density at radius 3 is 2.36 bits per heavy atom. The minimum Gasteiger partial charge on any atom is -0.357 e. The molecule has 5 heteroatoms. The van der Waals surface area contributed by atoms with Crippen molar-refractivity contribution in [2.75, 3.05) is 18.0 Å². The Balaban J connectivity index is 1.39. The molecule has 5 nitrogen and oxygen atoms in total. The van der Waals surface area contributed by atoms with Crippen LogP contribution in [0.1, 0.15) is 35.3 Å². The molecule has 0 atom stereocenters. The summed E-state index contributed by atoms with van der Waals surface area (Å²) in [4.78, 5) is 23.5. The lowest BCUT2D eigenvalue weighted by molar-refractivity contribution is 0.0950. The Bertz CT molecular complexity index is 902. The van der Waals surface area contributed by atoms with Crippen molar-refractivity contribution in [3.63, 3.8) is 0 Å². The summed E-state index contributed by atoms with van der Waals surface area (Å²) in [6, 6.07) is 17.5. The largest absolute Gasteiger partial charge is 0.357 e. The van der Waals surface area contributed by atoms with Gasteiger partial charge in [-0.1, -0.05) is 18.2 Å². The number of piperidine rings is 1. The molecule has 0 saturated carbocycles. The highest BCUT2D eigenvalue weighted by atomic mass is 16.1. The molecule has 1 fully saturated rings. The molecule has 1 aliphatic rings. The van der Waals surface area contributed by atoms with E-state index in [2.05, 4.69) is 32.3 Å². The third kappa shape index (κ3) is 4.36. The zero-order valence-electron chi connectivity index (χ0n) is 15.8. The first-order chi connectivity index (χ1) is 13.8. The van der Waals surface area contributed by atoms with Crippen LogP contribution in [0.25, 0.3) is 11.1 Å². The monoisotopic (exact) mass is 372 g/mol. The summed E-state index contributed by atoms with van der Waals surface area (Å²) in [5.41, 5.74) is 3.59. The zero-order valence-corrected chi connectivity index (χ0v) is 15.8. The van der Waals surface area contributed by atoms with Crippen molar-refractivity contribution in [2.24, 2.45) is 0 Å². The van der Waals surface area contributed by atoms with Crippen molar-refractivity contribution >= 4 is 11.7 Å². The Hall–Kier alpha value is -3.21. The van der Waals surface area contributed by atoms with Gasteiger partial charge in [0.25, 0.3) is 5.91 Å². The van der Waals surface area contributed by atoms with E-state index < -0.39 is 0 Å². The average molecular weight is 372 g/mol. The molecule has 1 aromatic carbocycles. The van der Waals surface area contributed by atoms with Gasteiger partial charge in [-0.25, -0.2) is 4.98 Å². The van der Waals surface area contributed by atoms with Gasteiger partial charge in [0, 0.05) is 36.6 Å². The van der Waals surface area contributed by atoms with Crippen LogP contribution in [-0.2, 0) is 6.54 Å². The number of aromatic nitrogens is 2. The smallest absolute Gasteiger partial charge is 0.251 e. The molecule has 2 aromatic heterocycles. The summed E-state index contributed by atoms with van der Waals surface area (Å²) in [5.74, 6) is 0.949. The standard InChI is InChI=1S/C23H24N4O/c28-23(26-17-21-6-2-3-13-24-21)19-9-7-18(8-10-19)20-11-12-22(25-16-20)27-14-4-1-5-15-27/h2-3,6-13,16H,1,4-5,14-15,17H2,(H,26,28). The van der Waals surface area contributed by atoms with E-state index in [4.69, 9.17) is 0 Å². The van der Waals surface area contributed by atoms with Crippen LogP contribution >= 0.6 is 0 Å². The van der Waals surface area contributed by atoms with Crippen LogP contribution in [0.15, 0.2) is 67.0 Å². The fourth-order valence-electron chi connectivity index (χ4n) is 3.46. The molecule has 0 radical (unpaired) electrons. The predicted molar refractivity (Wildman–Crippen MR) is 111 cm³/mol. The zero-order chi connectivity index (χ0) is 19.2. The van der Waals surface area contributed by atoms with Gasteiger partial charge in [0.05, 0.1) is 12.2 Å². The second-order valence-electron chi connectivity index (χ2n) is 7.03. The maximum atomic E-state index is 12.3. The first kappa shape index (κ1) is 18.2. The molecule has 28 heavy (non-hydrogen) atoms. The highest BCUT2D eigenvalue weighted by Crippen LogP contribution is 2.23. The number of pyridine rings is 2. The molecule has 1 amide bonds. The number of rotatable bonds is 5. The number of nitrogens with zero attached hydrogens (tertiary/aromatic N) is 3. The lowest BCUT2D eigenvalue weighted by Crippen LogP contribution is -2.29. The average Bonchev–Trinajstić information content (AvgIpc) is 2.79. The maximum Gasteiger partial charge on any atom is 0.251 e. The van der Waals surface area contributed by atoms with E-state index in [9.17, 15) is 4.79 Å². The third-order valence-corrected chi connectivity index (χ3v) is 5.06. The highest BCUT2D eigenvalue weighted by Gasteiger charge is 2.12. The van der Waals surface area contributed by atoms with Gasteiger partial charge in [-0.2, -0.15) is 0 Å². The molecule has 0 bridgehead atoms. The molecule has 0 unspecified atom stereocenters. The molecular formula is C23H24N4O. The summed E-state index contributed by atoms with van der Waals surface area (Å²) in [6.07, 6.45) is 7.44. The quantitative estimate of drug-likeness (QED) is 0.734. The normalized spacial score (nSPS) is 13.9. The summed E-state index contributed by atoms with van der Waals surface area (Å²) in [5, 5.41) is 2.90. The molecular weight excluding hydrogens is 348 g/mol. The third-order valence-electron chi connectivity index (χ3n) is 5.06. The van der Waals surface area contributed by atoms with Crippen LogP contribution in [0.2, 0.25) is 0 Å². The lowest BCUT2D eigenvalue weighted by Gasteiger charge is -2.27. The summed E-state index contributed by atoms with van der Waals surface area (Å²) < 4.78 is 0. The SMILES string of the molecule is O=C(NCc1ccccn1)c1ccc(-c2ccc(N3CCCCC3)nc2)cc1.